The minimum Gasteiger partial charge on any atom is -0.465 e. The molecule has 0 unspecified atom stereocenters. The van der Waals surface area contributed by atoms with Gasteiger partial charge in [0.25, 0.3) is 0 Å². The van der Waals surface area contributed by atoms with Gasteiger partial charge in [0.2, 0.25) is 5.91 Å². The first-order valence-electron chi connectivity index (χ1n) is 8.50. The third-order valence-electron chi connectivity index (χ3n) is 3.79. The Kier molecular flexibility index (Phi) is 9.81. The monoisotopic (exact) mass is 488 g/mol. The molecule has 0 saturated carbocycles. The van der Waals surface area contributed by atoms with Crippen LogP contribution in [-0.4, -0.2) is 37.4 Å². The van der Waals surface area contributed by atoms with Gasteiger partial charge in [-0.1, -0.05) is 30.7 Å². The van der Waals surface area contributed by atoms with Crippen molar-refractivity contribution in [2.24, 2.45) is 5.73 Å². The summed E-state index contributed by atoms with van der Waals surface area (Å²) < 4.78 is 4.95. The van der Waals surface area contributed by atoms with Crippen LogP contribution in [0.25, 0.3) is 0 Å². The first kappa shape index (κ1) is 24.3. The highest BCUT2D eigenvalue weighted by molar-refractivity contribution is 8.93. The highest BCUT2D eigenvalue weighted by Crippen LogP contribution is 2.35. The third-order valence-corrected chi connectivity index (χ3v) is 5.42. The molecule has 0 radical (unpaired) electrons. The number of nitrogens with two attached hydrogens (primary N) is 1. The number of ketones is 1. The summed E-state index contributed by atoms with van der Waals surface area (Å²) in [6.07, 6.45) is 0.678. The summed E-state index contributed by atoms with van der Waals surface area (Å²) in [6, 6.07) is 8.43. The standard InChI is InChI=1S/C19H21ClN2O4S.BrH/c1-3-12-9-14(18(25)13-7-5-6-8-15(13)20)19(27-12)22(16(23)10-21)11-17(24)26-4-2;/h5-9H,3-4,10-11,21H2,1-2H3;1H. The molecule has 0 atom stereocenters. The molecule has 0 bridgehead atoms. The zero-order valence-corrected chi connectivity index (χ0v) is 18.9. The second-order valence-electron chi connectivity index (χ2n) is 5.58. The van der Waals surface area contributed by atoms with E-state index in [0.717, 1.165) is 4.88 Å². The van der Waals surface area contributed by atoms with Gasteiger partial charge in [0.1, 0.15) is 11.5 Å². The van der Waals surface area contributed by atoms with E-state index in [1.807, 2.05) is 6.92 Å². The second kappa shape index (κ2) is 11.3. The van der Waals surface area contributed by atoms with E-state index < -0.39 is 11.9 Å². The molecule has 0 fully saturated rings. The van der Waals surface area contributed by atoms with Crippen LogP contribution in [0.4, 0.5) is 5.00 Å². The number of halogens is 2. The number of esters is 1. The van der Waals surface area contributed by atoms with Gasteiger partial charge in [0, 0.05) is 10.4 Å². The van der Waals surface area contributed by atoms with Gasteiger partial charge in [-0.3, -0.25) is 19.3 Å². The fourth-order valence-corrected chi connectivity index (χ4v) is 3.81. The van der Waals surface area contributed by atoms with E-state index in [1.165, 1.54) is 16.2 Å². The third kappa shape index (κ3) is 5.64. The van der Waals surface area contributed by atoms with E-state index in [2.05, 4.69) is 0 Å². The molecule has 6 nitrogen and oxygen atoms in total. The van der Waals surface area contributed by atoms with Crippen molar-refractivity contribution in [3.8, 4) is 0 Å². The zero-order valence-electron chi connectivity index (χ0n) is 15.6. The number of hydrogen-bond donors (Lipinski definition) is 1. The van der Waals surface area contributed by atoms with Crippen molar-refractivity contribution in [1.29, 1.82) is 0 Å². The summed E-state index contributed by atoms with van der Waals surface area (Å²) in [5.41, 5.74) is 6.16. The van der Waals surface area contributed by atoms with E-state index >= 15 is 0 Å². The van der Waals surface area contributed by atoms with Crippen molar-refractivity contribution in [2.45, 2.75) is 20.3 Å². The summed E-state index contributed by atoms with van der Waals surface area (Å²) >= 11 is 7.44. The lowest BCUT2D eigenvalue weighted by Gasteiger charge is -2.21. The number of carbonyl (C=O) groups excluding carboxylic acids is 3. The van der Waals surface area contributed by atoms with Gasteiger partial charge in [0.05, 0.1) is 23.7 Å². The number of anilines is 1. The van der Waals surface area contributed by atoms with Crippen LogP contribution in [0.5, 0.6) is 0 Å². The molecule has 1 amide bonds. The quantitative estimate of drug-likeness (QED) is 0.452. The fourth-order valence-electron chi connectivity index (χ4n) is 2.48. The van der Waals surface area contributed by atoms with E-state index in [0.29, 0.717) is 27.6 Å². The van der Waals surface area contributed by atoms with Crippen LogP contribution in [-0.2, 0) is 20.7 Å². The van der Waals surface area contributed by atoms with Gasteiger partial charge >= 0.3 is 5.97 Å². The van der Waals surface area contributed by atoms with Gasteiger partial charge in [-0.05, 0) is 31.5 Å². The summed E-state index contributed by atoms with van der Waals surface area (Å²) in [7, 11) is 0. The molecular weight excluding hydrogens is 468 g/mol. The molecule has 1 heterocycles. The Morgan fingerprint density at radius 2 is 1.86 bits per heavy atom. The minimum atomic E-state index is -0.568. The normalized spacial score (nSPS) is 10.1. The van der Waals surface area contributed by atoms with E-state index in [4.69, 9.17) is 22.1 Å². The van der Waals surface area contributed by atoms with Crippen LogP contribution in [0.2, 0.25) is 5.02 Å². The number of benzene rings is 1. The van der Waals surface area contributed by atoms with Gasteiger partial charge in [-0.15, -0.1) is 28.3 Å². The Morgan fingerprint density at radius 3 is 2.43 bits per heavy atom. The molecule has 1 aromatic carbocycles. The molecule has 0 aliphatic carbocycles. The lowest BCUT2D eigenvalue weighted by molar-refractivity contribution is -0.142. The molecular formula is C19H22BrClN2O4S. The average molecular weight is 490 g/mol. The highest BCUT2D eigenvalue weighted by Gasteiger charge is 2.27. The van der Waals surface area contributed by atoms with Gasteiger partial charge in [-0.25, -0.2) is 0 Å². The number of rotatable bonds is 8. The molecule has 9 heteroatoms. The minimum absolute atomic E-state index is 0. The number of carbonyl (C=O) groups is 3. The maximum Gasteiger partial charge on any atom is 0.326 e. The molecule has 0 aliphatic heterocycles. The highest BCUT2D eigenvalue weighted by atomic mass is 79.9. The molecule has 1 aromatic heterocycles. The molecule has 28 heavy (non-hydrogen) atoms. The number of amides is 1. The summed E-state index contributed by atoms with van der Waals surface area (Å²) in [6.45, 7) is 3.22. The maximum atomic E-state index is 13.1. The Hall–Kier alpha value is -1.74. The van der Waals surface area contributed by atoms with Crippen molar-refractivity contribution >= 4 is 62.6 Å². The Bertz CT molecular complexity index is 856. The first-order chi connectivity index (χ1) is 12.9. The maximum absolute atomic E-state index is 13.1. The van der Waals surface area contributed by atoms with Crippen molar-refractivity contribution in [3.63, 3.8) is 0 Å². The van der Waals surface area contributed by atoms with Crippen LogP contribution < -0.4 is 10.6 Å². The largest absolute Gasteiger partial charge is 0.465 e. The van der Waals surface area contributed by atoms with Crippen LogP contribution >= 0.6 is 39.9 Å². The second-order valence-corrected chi connectivity index (χ2v) is 7.11. The lowest BCUT2D eigenvalue weighted by atomic mass is 10.0. The molecule has 0 spiro atoms. The van der Waals surface area contributed by atoms with Crippen molar-refractivity contribution in [1.82, 2.24) is 0 Å². The van der Waals surface area contributed by atoms with E-state index in [-0.39, 0.29) is 42.5 Å². The molecule has 2 N–H and O–H groups in total. The number of nitrogens with zero attached hydrogens (tertiary/aromatic N) is 1. The topological polar surface area (TPSA) is 89.7 Å². The first-order valence-corrected chi connectivity index (χ1v) is 9.70. The number of aryl methyl sites for hydroxylation is 1. The predicted molar refractivity (Wildman–Crippen MR) is 117 cm³/mol. The number of ether oxygens (including phenoxy) is 1. The molecule has 0 aliphatic rings. The SMILES string of the molecule is Br.CCOC(=O)CN(C(=O)CN)c1sc(CC)cc1C(=O)c1ccccc1Cl. The Balaban J connectivity index is 0.00000392. The van der Waals surface area contributed by atoms with Crippen molar-refractivity contribution < 1.29 is 19.1 Å². The summed E-state index contributed by atoms with van der Waals surface area (Å²) in [5, 5.41) is 0.695. The average Bonchev–Trinajstić information content (AvgIpc) is 3.09. The number of hydrogen-bond acceptors (Lipinski definition) is 6. The zero-order chi connectivity index (χ0) is 20.0. The van der Waals surface area contributed by atoms with Gasteiger partial charge < -0.3 is 10.5 Å². The summed E-state index contributed by atoms with van der Waals surface area (Å²) in [5.74, 6) is -1.35. The summed E-state index contributed by atoms with van der Waals surface area (Å²) in [4.78, 5) is 39.6. The van der Waals surface area contributed by atoms with Gasteiger partial charge in [0.15, 0.2) is 5.78 Å². The number of thiophene rings is 1. The Morgan fingerprint density at radius 1 is 1.18 bits per heavy atom. The van der Waals surface area contributed by atoms with Crippen molar-refractivity contribution in [2.75, 3.05) is 24.6 Å². The lowest BCUT2D eigenvalue weighted by Crippen LogP contribution is -2.40. The fraction of sp³-hybridized carbons (Fsp3) is 0.316. The molecule has 2 rings (SSSR count). The smallest absolute Gasteiger partial charge is 0.326 e. The molecule has 152 valence electrons. The Labute approximate surface area is 183 Å². The van der Waals surface area contributed by atoms with Crippen LogP contribution in [0.15, 0.2) is 30.3 Å². The van der Waals surface area contributed by atoms with E-state index in [1.54, 1.807) is 37.3 Å². The molecule has 2 aromatic rings. The van der Waals surface area contributed by atoms with Crippen LogP contribution in [0, 0.1) is 0 Å². The van der Waals surface area contributed by atoms with Crippen LogP contribution in [0.1, 0.15) is 34.6 Å². The van der Waals surface area contributed by atoms with Crippen LogP contribution in [0.3, 0.4) is 0 Å². The predicted octanol–water partition coefficient (Wildman–Crippen LogP) is 3.63. The van der Waals surface area contributed by atoms with Crippen molar-refractivity contribution in [3.05, 3.63) is 51.4 Å². The van der Waals surface area contributed by atoms with Gasteiger partial charge in [-0.2, -0.15) is 0 Å². The van der Waals surface area contributed by atoms with E-state index in [9.17, 15) is 14.4 Å². The molecule has 0 saturated heterocycles.